The van der Waals surface area contributed by atoms with Gasteiger partial charge < -0.3 is 10.1 Å². The smallest absolute Gasteiger partial charge is 0.242 e. The van der Waals surface area contributed by atoms with E-state index in [0.29, 0.717) is 29.0 Å². The van der Waals surface area contributed by atoms with E-state index in [0.717, 1.165) is 22.4 Å². The number of amides is 2. The first-order valence-electron chi connectivity index (χ1n) is 9.98. The van der Waals surface area contributed by atoms with E-state index in [1.807, 2.05) is 39.0 Å². The van der Waals surface area contributed by atoms with Crippen LogP contribution in [0, 0.1) is 20.8 Å². The average Bonchev–Trinajstić information content (AvgIpc) is 3.01. The highest BCUT2D eigenvalue weighted by atomic mass is 35.5. The molecule has 2 amide bonds. The molecule has 0 aliphatic carbocycles. The molecule has 1 aliphatic rings. The molecule has 6 nitrogen and oxygen atoms in total. The first-order chi connectivity index (χ1) is 14.8. The number of carbonyl (C=O) groups is 2. The summed E-state index contributed by atoms with van der Waals surface area (Å²) in [5.74, 6) is -0.374. The lowest BCUT2D eigenvalue weighted by molar-refractivity contribution is -0.128. The van der Waals surface area contributed by atoms with Crippen LogP contribution >= 0.6 is 23.4 Å². The van der Waals surface area contributed by atoms with E-state index in [4.69, 9.17) is 21.3 Å². The van der Waals surface area contributed by atoms with Crippen molar-refractivity contribution < 1.29 is 14.3 Å². The molecule has 1 unspecified atom stereocenters. The predicted molar refractivity (Wildman–Crippen MR) is 127 cm³/mol. The van der Waals surface area contributed by atoms with Crippen molar-refractivity contribution in [1.29, 1.82) is 0 Å². The minimum absolute atomic E-state index is 0.0463. The average molecular weight is 460 g/mol. The van der Waals surface area contributed by atoms with Crippen LogP contribution in [0.2, 0.25) is 5.02 Å². The first kappa shape index (κ1) is 23.3. The van der Waals surface area contributed by atoms with E-state index < -0.39 is 5.25 Å². The zero-order chi connectivity index (χ0) is 22.5. The van der Waals surface area contributed by atoms with E-state index in [2.05, 4.69) is 5.32 Å². The minimum atomic E-state index is -0.542. The van der Waals surface area contributed by atoms with Crippen LogP contribution in [0.1, 0.15) is 23.1 Å². The molecule has 1 heterocycles. The number of anilines is 1. The summed E-state index contributed by atoms with van der Waals surface area (Å²) in [5.41, 5.74) is 4.35. The molecular formula is C23H26ClN3O3S. The molecule has 1 fully saturated rings. The van der Waals surface area contributed by atoms with Gasteiger partial charge in [0.15, 0.2) is 5.17 Å². The third-order valence-electron chi connectivity index (χ3n) is 5.10. The Labute approximate surface area is 192 Å². The van der Waals surface area contributed by atoms with Gasteiger partial charge in [0.25, 0.3) is 0 Å². The van der Waals surface area contributed by atoms with E-state index in [1.54, 1.807) is 30.2 Å². The Balaban J connectivity index is 1.80. The highest BCUT2D eigenvalue weighted by molar-refractivity contribution is 8.15. The summed E-state index contributed by atoms with van der Waals surface area (Å²) >= 11 is 7.46. The number of ether oxygens (including phenoxy) is 1. The molecule has 0 bridgehead atoms. The Morgan fingerprint density at radius 3 is 2.55 bits per heavy atom. The van der Waals surface area contributed by atoms with E-state index in [-0.39, 0.29) is 18.2 Å². The van der Waals surface area contributed by atoms with E-state index in [1.165, 1.54) is 11.8 Å². The van der Waals surface area contributed by atoms with Gasteiger partial charge in [0.2, 0.25) is 11.8 Å². The van der Waals surface area contributed by atoms with Crippen LogP contribution in [0.5, 0.6) is 0 Å². The Morgan fingerprint density at radius 2 is 1.87 bits per heavy atom. The van der Waals surface area contributed by atoms with Crippen LogP contribution in [-0.2, 0) is 14.3 Å². The Morgan fingerprint density at radius 1 is 1.19 bits per heavy atom. The Kier molecular flexibility index (Phi) is 7.75. The van der Waals surface area contributed by atoms with Gasteiger partial charge in [0, 0.05) is 24.2 Å². The molecule has 0 spiro atoms. The van der Waals surface area contributed by atoms with Crippen LogP contribution in [0.3, 0.4) is 0 Å². The van der Waals surface area contributed by atoms with E-state index >= 15 is 0 Å². The monoisotopic (exact) mass is 459 g/mol. The van der Waals surface area contributed by atoms with Gasteiger partial charge in [-0.3, -0.25) is 14.5 Å². The Bertz CT molecular complexity index is 1000. The van der Waals surface area contributed by atoms with Crippen molar-refractivity contribution in [2.75, 3.05) is 25.6 Å². The molecule has 0 radical (unpaired) electrons. The van der Waals surface area contributed by atoms with Gasteiger partial charge in [-0.2, -0.15) is 0 Å². The lowest BCUT2D eigenvalue weighted by Crippen LogP contribution is -2.35. The first-order valence-corrected chi connectivity index (χ1v) is 11.2. The summed E-state index contributed by atoms with van der Waals surface area (Å²) in [6.07, 6.45) is 0.0463. The van der Waals surface area contributed by atoms with Crippen LogP contribution in [-0.4, -0.2) is 47.4 Å². The topological polar surface area (TPSA) is 71.0 Å². The highest BCUT2D eigenvalue weighted by Gasteiger charge is 2.39. The molecule has 1 saturated heterocycles. The van der Waals surface area contributed by atoms with Crippen molar-refractivity contribution in [3.63, 3.8) is 0 Å². The maximum atomic E-state index is 13.1. The third-order valence-corrected chi connectivity index (χ3v) is 6.68. The number of thioether (sulfide) groups is 1. The van der Waals surface area contributed by atoms with Crippen molar-refractivity contribution in [3.8, 4) is 0 Å². The second-order valence-electron chi connectivity index (χ2n) is 7.39. The fourth-order valence-corrected chi connectivity index (χ4v) is 4.65. The summed E-state index contributed by atoms with van der Waals surface area (Å²) < 4.78 is 5.17. The molecule has 164 valence electrons. The fraction of sp³-hybridized carbons (Fsp3) is 0.348. The number of nitrogens with one attached hydrogen (secondary N) is 1. The minimum Gasteiger partial charge on any atom is -0.383 e. The van der Waals surface area contributed by atoms with Crippen molar-refractivity contribution >= 4 is 51.7 Å². The second-order valence-corrected chi connectivity index (χ2v) is 8.97. The quantitative estimate of drug-likeness (QED) is 0.641. The van der Waals surface area contributed by atoms with Gasteiger partial charge in [-0.05, 0) is 49.6 Å². The number of aryl methyl sites for hydroxylation is 2. The summed E-state index contributed by atoms with van der Waals surface area (Å²) in [6, 6.07) is 11.3. The summed E-state index contributed by atoms with van der Waals surface area (Å²) in [5, 5.41) is 3.50. The number of para-hydroxylation sites is 1. The molecular weight excluding hydrogens is 434 g/mol. The molecule has 0 aromatic heterocycles. The molecule has 2 aromatic carbocycles. The maximum absolute atomic E-state index is 13.1. The van der Waals surface area contributed by atoms with Crippen molar-refractivity contribution in [2.24, 2.45) is 4.99 Å². The van der Waals surface area contributed by atoms with Gasteiger partial charge in [-0.15, -0.1) is 0 Å². The zero-order valence-electron chi connectivity index (χ0n) is 18.1. The summed E-state index contributed by atoms with van der Waals surface area (Å²) in [7, 11) is 1.59. The number of carbonyl (C=O) groups excluding carboxylic acids is 2. The van der Waals surface area contributed by atoms with Gasteiger partial charge in [-0.25, -0.2) is 4.99 Å². The van der Waals surface area contributed by atoms with Gasteiger partial charge >= 0.3 is 0 Å². The highest BCUT2D eigenvalue weighted by Crippen LogP contribution is 2.34. The molecule has 8 heteroatoms. The van der Waals surface area contributed by atoms with Crippen molar-refractivity contribution in [3.05, 3.63) is 58.1 Å². The van der Waals surface area contributed by atoms with Crippen molar-refractivity contribution in [1.82, 2.24) is 4.90 Å². The van der Waals surface area contributed by atoms with Gasteiger partial charge in [0.1, 0.15) is 5.25 Å². The second kappa shape index (κ2) is 10.3. The lowest BCUT2D eigenvalue weighted by atomic mass is 10.1. The number of halogens is 1. The number of rotatable bonds is 7. The molecule has 1 aliphatic heterocycles. The number of benzene rings is 2. The van der Waals surface area contributed by atoms with Gasteiger partial charge in [-0.1, -0.05) is 47.6 Å². The molecule has 31 heavy (non-hydrogen) atoms. The summed E-state index contributed by atoms with van der Waals surface area (Å²) in [4.78, 5) is 32.1. The third kappa shape index (κ3) is 5.47. The molecule has 1 atom stereocenters. The molecule has 2 aromatic rings. The number of amidine groups is 1. The predicted octanol–water partition coefficient (Wildman–Crippen LogP) is 4.87. The molecule has 3 rings (SSSR count). The summed E-state index contributed by atoms with van der Waals surface area (Å²) in [6.45, 7) is 6.60. The number of nitrogens with zero attached hydrogens (tertiary/aromatic N) is 2. The number of hydrogen-bond acceptors (Lipinski definition) is 5. The van der Waals surface area contributed by atoms with Crippen LogP contribution in [0.15, 0.2) is 41.4 Å². The van der Waals surface area contributed by atoms with Crippen LogP contribution < -0.4 is 5.32 Å². The van der Waals surface area contributed by atoms with E-state index in [9.17, 15) is 9.59 Å². The van der Waals surface area contributed by atoms with Crippen LogP contribution in [0.25, 0.3) is 0 Å². The molecule has 1 N–H and O–H groups in total. The van der Waals surface area contributed by atoms with Gasteiger partial charge in [0.05, 0.1) is 18.8 Å². The number of methoxy groups -OCH3 is 1. The SMILES string of the molecule is COCCN1C(=O)C(CC(=O)Nc2cccc(Cl)c2C)SC1=Nc1c(C)cccc1C. The normalized spacial score (nSPS) is 17.5. The lowest BCUT2D eigenvalue weighted by Gasteiger charge is -2.16. The molecule has 0 saturated carbocycles. The standard InChI is InChI=1S/C23H26ClN3O3S/c1-14-7-5-8-15(2)21(14)26-23-27(11-12-30-4)22(29)19(31-23)13-20(28)25-18-10-6-9-17(24)16(18)3/h5-10,19H,11-13H2,1-4H3,(H,25,28). The maximum Gasteiger partial charge on any atom is 0.242 e. The van der Waals surface area contributed by atoms with Crippen molar-refractivity contribution in [2.45, 2.75) is 32.4 Å². The largest absolute Gasteiger partial charge is 0.383 e. The Hall–Kier alpha value is -2.35. The van der Waals surface area contributed by atoms with Crippen LogP contribution in [0.4, 0.5) is 11.4 Å². The number of hydrogen-bond donors (Lipinski definition) is 1. The number of aliphatic imine (C=N–C) groups is 1. The zero-order valence-corrected chi connectivity index (χ0v) is 19.6. The fourth-order valence-electron chi connectivity index (χ4n) is 3.30.